The molecule has 0 aromatic heterocycles. The van der Waals surface area contributed by atoms with Gasteiger partial charge in [-0.1, -0.05) is 43.5 Å². The monoisotopic (exact) mass is 314 g/mol. The van der Waals surface area contributed by atoms with Gasteiger partial charge in [0.2, 0.25) is 0 Å². The molecule has 1 aromatic carbocycles. The maximum absolute atomic E-state index is 11.6. The summed E-state index contributed by atoms with van der Waals surface area (Å²) in [7, 11) is 0. The second kappa shape index (κ2) is 10.4. The molecule has 1 aromatic rings. The topological polar surface area (TPSA) is 35.5 Å². The van der Waals surface area contributed by atoms with Crippen LogP contribution in [0.2, 0.25) is 0 Å². The van der Waals surface area contributed by atoms with Crippen LogP contribution in [-0.2, 0) is 9.53 Å². The maximum atomic E-state index is 11.6. The number of carbonyl (C=O) groups excluding carboxylic acids is 1. The fourth-order valence-corrected chi connectivity index (χ4v) is 1.95. The van der Waals surface area contributed by atoms with Gasteiger partial charge in [0.15, 0.2) is 6.10 Å². The molecule has 0 spiro atoms. The lowest BCUT2D eigenvalue weighted by Gasteiger charge is -2.21. The molecule has 0 N–H and O–H groups in total. The summed E-state index contributed by atoms with van der Waals surface area (Å²) in [5.74, 6) is 0.326. The molecular formula is C20H26O3. The van der Waals surface area contributed by atoms with Gasteiger partial charge in [-0.2, -0.15) is 0 Å². The van der Waals surface area contributed by atoms with E-state index in [0.717, 1.165) is 30.6 Å². The summed E-state index contributed by atoms with van der Waals surface area (Å²) >= 11 is 0. The van der Waals surface area contributed by atoms with Gasteiger partial charge in [0.1, 0.15) is 12.4 Å². The molecule has 0 saturated heterocycles. The van der Waals surface area contributed by atoms with Crippen molar-refractivity contribution in [2.45, 2.75) is 39.2 Å². The van der Waals surface area contributed by atoms with Crippen LogP contribution in [0.25, 0.3) is 0 Å². The molecule has 0 amide bonds. The van der Waals surface area contributed by atoms with Gasteiger partial charge in [0.25, 0.3) is 0 Å². The van der Waals surface area contributed by atoms with E-state index in [1.165, 1.54) is 0 Å². The summed E-state index contributed by atoms with van der Waals surface area (Å²) in [4.78, 5) is 11.6. The van der Waals surface area contributed by atoms with Gasteiger partial charge in [-0.3, -0.25) is 0 Å². The Hall–Kier alpha value is -2.29. The van der Waals surface area contributed by atoms with E-state index in [1.807, 2.05) is 43.3 Å². The van der Waals surface area contributed by atoms with Crippen LogP contribution >= 0.6 is 0 Å². The smallest absolute Gasteiger partial charge is 0.333 e. The van der Waals surface area contributed by atoms with Gasteiger partial charge in [0.05, 0.1) is 0 Å². The predicted octanol–water partition coefficient (Wildman–Crippen LogP) is 4.86. The van der Waals surface area contributed by atoms with E-state index in [9.17, 15) is 4.79 Å². The van der Waals surface area contributed by atoms with E-state index < -0.39 is 5.97 Å². The van der Waals surface area contributed by atoms with Crippen molar-refractivity contribution >= 4 is 5.97 Å². The van der Waals surface area contributed by atoms with Gasteiger partial charge >= 0.3 is 5.97 Å². The number of allylic oxidation sites excluding steroid dienone is 2. The molecule has 23 heavy (non-hydrogen) atoms. The van der Waals surface area contributed by atoms with Crippen molar-refractivity contribution in [1.29, 1.82) is 0 Å². The van der Waals surface area contributed by atoms with Gasteiger partial charge in [-0.25, -0.2) is 4.79 Å². The Morgan fingerprint density at radius 1 is 1.26 bits per heavy atom. The van der Waals surface area contributed by atoms with Gasteiger partial charge in [0, 0.05) is 5.57 Å². The highest BCUT2D eigenvalue weighted by molar-refractivity contribution is 5.86. The number of carbonyl (C=O) groups is 1. The Morgan fingerprint density at radius 3 is 2.57 bits per heavy atom. The molecule has 0 aliphatic carbocycles. The van der Waals surface area contributed by atoms with E-state index in [4.69, 9.17) is 9.47 Å². The van der Waals surface area contributed by atoms with Crippen molar-refractivity contribution in [2.75, 3.05) is 6.61 Å². The Bertz CT molecular complexity index is 543. The standard InChI is InChI=1S/C20H26O3/c1-5-6-7-9-12-17(4)19(15-22-20(21)16(2)3)23-18-13-10-8-11-14-18/h5-6,8,10-11,13-14,19H,2,4,7,9,12,15H2,1,3H3. The molecule has 0 saturated carbocycles. The Morgan fingerprint density at radius 2 is 1.96 bits per heavy atom. The first-order valence-electron chi connectivity index (χ1n) is 7.87. The minimum absolute atomic E-state index is 0.142. The molecular weight excluding hydrogens is 288 g/mol. The number of unbranched alkanes of at least 4 members (excludes halogenated alkanes) is 1. The van der Waals surface area contributed by atoms with Crippen molar-refractivity contribution in [3.05, 3.63) is 66.8 Å². The second-order valence-electron chi connectivity index (χ2n) is 5.42. The van der Waals surface area contributed by atoms with Crippen LogP contribution in [-0.4, -0.2) is 18.7 Å². The molecule has 0 fully saturated rings. The molecule has 3 heteroatoms. The third-order valence-electron chi connectivity index (χ3n) is 3.30. The summed E-state index contributed by atoms with van der Waals surface area (Å²) < 4.78 is 11.2. The average Bonchev–Trinajstić information content (AvgIpc) is 2.55. The largest absolute Gasteiger partial charge is 0.483 e. The van der Waals surface area contributed by atoms with Gasteiger partial charge < -0.3 is 9.47 Å². The number of benzene rings is 1. The van der Waals surface area contributed by atoms with E-state index in [0.29, 0.717) is 5.57 Å². The molecule has 0 aliphatic rings. The molecule has 3 nitrogen and oxygen atoms in total. The molecule has 124 valence electrons. The summed E-state index contributed by atoms with van der Waals surface area (Å²) in [6, 6.07) is 9.48. The Kier molecular flexibility index (Phi) is 8.51. The molecule has 0 bridgehead atoms. The summed E-state index contributed by atoms with van der Waals surface area (Å²) in [5.41, 5.74) is 1.30. The number of rotatable bonds is 10. The van der Waals surface area contributed by atoms with Crippen LogP contribution in [0.1, 0.15) is 33.1 Å². The van der Waals surface area contributed by atoms with Crippen LogP contribution in [0, 0.1) is 0 Å². The predicted molar refractivity (Wildman–Crippen MR) is 94.4 cm³/mol. The maximum Gasteiger partial charge on any atom is 0.333 e. The highest BCUT2D eigenvalue weighted by Gasteiger charge is 2.17. The van der Waals surface area contributed by atoms with Crippen LogP contribution < -0.4 is 4.74 Å². The number of hydrogen-bond acceptors (Lipinski definition) is 3. The second-order valence-corrected chi connectivity index (χ2v) is 5.42. The number of para-hydroxylation sites is 1. The van der Waals surface area contributed by atoms with Gasteiger partial charge in [-0.15, -0.1) is 0 Å². The molecule has 1 rings (SSSR count). The zero-order chi connectivity index (χ0) is 17.1. The first-order valence-corrected chi connectivity index (χ1v) is 7.87. The minimum atomic E-state index is -0.409. The Balaban J connectivity index is 2.64. The summed E-state index contributed by atoms with van der Waals surface area (Å²) in [6.45, 7) is 11.5. The van der Waals surface area contributed by atoms with Crippen molar-refractivity contribution in [2.24, 2.45) is 0 Å². The quantitative estimate of drug-likeness (QED) is 0.268. The third-order valence-corrected chi connectivity index (χ3v) is 3.30. The van der Waals surface area contributed by atoms with E-state index >= 15 is 0 Å². The van der Waals surface area contributed by atoms with Crippen LogP contribution in [0.15, 0.2) is 66.8 Å². The lowest BCUT2D eigenvalue weighted by molar-refractivity contribution is -0.140. The lowest BCUT2D eigenvalue weighted by Crippen LogP contribution is -2.27. The molecule has 1 unspecified atom stereocenters. The van der Waals surface area contributed by atoms with E-state index in [2.05, 4.69) is 19.2 Å². The van der Waals surface area contributed by atoms with E-state index in [1.54, 1.807) is 6.92 Å². The van der Waals surface area contributed by atoms with Crippen LogP contribution in [0.5, 0.6) is 5.75 Å². The molecule has 0 radical (unpaired) electrons. The highest BCUT2D eigenvalue weighted by atomic mass is 16.6. The third kappa shape index (κ3) is 7.50. The summed E-state index contributed by atoms with van der Waals surface area (Å²) in [5, 5.41) is 0. The normalized spacial score (nSPS) is 11.9. The highest BCUT2D eigenvalue weighted by Crippen LogP contribution is 2.19. The zero-order valence-electron chi connectivity index (χ0n) is 14.1. The van der Waals surface area contributed by atoms with Crippen LogP contribution in [0.3, 0.4) is 0 Å². The number of ether oxygens (including phenoxy) is 2. The zero-order valence-corrected chi connectivity index (χ0v) is 14.1. The first kappa shape index (κ1) is 18.8. The molecule has 1 atom stereocenters. The van der Waals surface area contributed by atoms with Crippen molar-refractivity contribution in [3.8, 4) is 5.75 Å². The van der Waals surface area contributed by atoms with Crippen LogP contribution in [0.4, 0.5) is 0 Å². The number of esters is 1. The van der Waals surface area contributed by atoms with Crippen molar-refractivity contribution in [3.63, 3.8) is 0 Å². The summed E-state index contributed by atoms with van der Waals surface area (Å²) in [6.07, 6.45) is 6.63. The van der Waals surface area contributed by atoms with E-state index in [-0.39, 0.29) is 12.7 Å². The molecule has 0 aliphatic heterocycles. The fraction of sp³-hybridized carbons (Fsp3) is 0.350. The minimum Gasteiger partial charge on any atom is -0.483 e. The number of hydrogen-bond donors (Lipinski definition) is 0. The van der Waals surface area contributed by atoms with Gasteiger partial charge in [-0.05, 0) is 50.8 Å². The van der Waals surface area contributed by atoms with Crippen molar-refractivity contribution in [1.82, 2.24) is 0 Å². The fourth-order valence-electron chi connectivity index (χ4n) is 1.95. The Labute approximate surface area is 139 Å². The van der Waals surface area contributed by atoms with Crippen molar-refractivity contribution < 1.29 is 14.3 Å². The molecule has 0 heterocycles. The average molecular weight is 314 g/mol. The SMILES string of the molecule is C=C(C)C(=O)OCC(Oc1ccccc1)C(=C)CCCC=CC. The first-order chi connectivity index (χ1) is 11.0. The lowest BCUT2D eigenvalue weighted by atomic mass is 10.0.